The van der Waals surface area contributed by atoms with Crippen LogP contribution >= 0.6 is 23.2 Å². The molecule has 0 bridgehead atoms. The van der Waals surface area contributed by atoms with Crippen molar-refractivity contribution >= 4 is 23.2 Å². The first-order chi connectivity index (χ1) is 12.7. The molecule has 0 amide bonds. The summed E-state index contributed by atoms with van der Waals surface area (Å²) in [6, 6.07) is 11.2. The molecule has 4 rings (SSSR count). The van der Waals surface area contributed by atoms with Crippen molar-refractivity contribution in [3.8, 4) is 11.5 Å². The molecular formula is C19H16Cl2N2O3. The number of fused-ring (bicyclic) bond motifs is 1. The van der Waals surface area contributed by atoms with Crippen LogP contribution in [0.3, 0.4) is 0 Å². The lowest BCUT2D eigenvalue weighted by atomic mass is 10.1. The zero-order valence-corrected chi connectivity index (χ0v) is 15.3. The monoisotopic (exact) mass is 390 g/mol. The maximum Gasteiger partial charge on any atom is 0.231 e. The number of hydrogen-bond acceptors (Lipinski definition) is 4. The normalized spacial score (nSPS) is 13.8. The standard InChI is InChI=1S/C19H16Cl2N2O3/c20-15-3-1-14(16(21)8-15)10-24-19(9-23-6-5-22-11-23)13-2-4-17-18(7-13)26-12-25-17/h1-8,11,19H,9-10,12H2. The number of rotatable bonds is 6. The molecule has 2 aromatic carbocycles. The van der Waals surface area contributed by atoms with Crippen molar-refractivity contribution in [2.45, 2.75) is 19.3 Å². The predicted octanol–water partition coefficient (Wildman–Crippen LogP) is 4.88. The van der Waals surface area contributed by atoms with E-state index in [1.165, 1.54) is 0 Å². The highest BCUT2D eigenvalue weighted by Crippen LogP contribution is 2.36. The Morgan fingerprint density at radius 2 is 2.00 bits per heavy atom. The van der Waals surface area contributed by atoms with E-state index in [9.17, 15) is 0 Å². The Bertz CT molecular complexity index is 900. The van der Waals surface area contributed by atoms with Gasteiger partial charge >= 0.3 is 0 Å². The van der Waals surface area contributed by atoms with E-state index < -0.39 is 0 Å². The molecular weight excluding hydrogens is 375 g/mol. The molecule has 26 heavy (non-hydrogen) atoms. The second-order valence-electron chi connectivity index (χ2n) is 5.91. The Kier molecular flexibility index (Phi) is 5.02. The number of benzene rings is 2. The smallest absolute Gasteiger partial charge is 0.231 e. The molecule has 3 aromatic rings. The average molecular weight is 391 g/mol. The third-order valence-corrected chi connectivity index (χ3v) is 4.75. The lowest BCUT2D eigenvalue weighted by Crippen LogP contribution is -2.12. The second kappa shape index (κ2) is 7.58. The molecule has 1 aromatic heterocycles. The van der Waals surface area contributed by atoms with Gasteiger partial charge in [0.2, 0.25) is 6.79 Å². The summed E-state index contributed by atoms with van der Waals surface area (Å²) in [6.45, 7) is 1.22. The summed E-state index contributed by atoms with van der Waals surface area (Å²) >= 11 is 12.2. The van der Waals surface area contributed by atoms with Crippen molar-refractivity contribution in [3.05, 3.63) is 76.3 Å². The lowest BCUT2D eigenvalue weighted by molar-refractivity contribution is 0.0279. The van der Waals surface area contributed by atoms with Crippen molar-refractivity contribution in [2.75, 3.05) is 6.79 Å². The SMILES string of the molecule is Clc1ccc(COC(Cn2ccnc2)c2ccc3c(c2)OCO3)c(Cl)c1. The summed E-state index contributed by atoms with van der Waals surface area (Å²) in [5.41, 5.74) is 1.88. The number of aromatic nitrogens is 2. The number of hydrogen-bond donors (Lipinski definition) is 0. The molecule has 0 aliphatic carbocycles. The average Bonchev–Trinajstić information content (AvgIpc) is 3.30. The van der Waals surface area contributed by atoms with Crippen molar-refractivity contribution in [1.29, 1.82) is 0 Å². The molecule has 0 saturated heterocycles. The van der Waals surface area contributed by atoms with Gasteiger partial charge in [0.05, 0.1) is 19.5 Å². The van der Waals surface area contributed by atoms with Crippen LogP contribution in [0.5, 0.6) is 11.5 Å². The van der Waals surface area contributed by atoms with Crippen LogP contribution < -0.4 is 9.47 Å². The number of ether oxygens (including phenoxy) is 3. The highest BCUT2D eigenvalue weighted by molar-refractivity contribution is 6.35. The van der Waals surface area contributed by atoms with Gasteiger partial charge in [-0.3, -0.25) is 0 Å². The first kappa shape index (κ1) is 17.2. The molecule has 1 unspecified atom stereocenters. The molecule has 0 fully saturated rings. The van der Waals surface area contributed by atoms with E-state index in [0.29, 0.717) is 23.2 Å². The van der Waals surface area contributed by atoms with E-state index in [2.05, 4.69) is 4.98 Å². The Morgan fingerprint density at radius 3 is 2.81 bits per heavy atom. The quantitative estimate of drug-likeness (QED) is 0.601. The summed E-state index contributed by atoms with van der Waals surface area (Å²) in [6.07, 6.45) is 5.20. The lowest BCUT2D eigenvalue weighted by Gasteiger charge is -2.20. The first-order valence-electron chi connectivity index (χ1n) is 8.10. The maximum atomic E-state index is 6.26. The van der Waals surface area contributed by atoms with Gasteiger partial charge in [0.25, 0.3) is 0 Å². The Hall–Kier alpha value is -2.21. The van der Waals surface area contributed by atoms with Crippen LogP contribution in [-0.4, -0.2) is 16.3 Å². The molecule has 5 nitrogen and oxygen atoms in total. The van der Waals surface area contributed by atoms with Gasteiger partial charge in [-0.15, -0.1) is 0 Å². The van der Waals surface area contributed by atoms with Gasteiger partial charge in [0.15, 0.2) is 11.5 Å². The molecule has 2 heterocycles. The van der Waals surface area contributed by atoms with Crippen LogP contribution in [0.15, 0.2) is 55.1 Å². The highest BCUT2D eigenvalue weighted by Gasteiger charge is 2.19. The van der Waals surface area contributed by atoms with Gasteiger partial charge < -0.3 is 18.8 Å². The van der Waals surface area contributed by atoms with Crippen molar-refractivity contribution in [1.82, 2.24) is 9.55 Å². The molecule has 134 valence electrons. The van der Waals surface area contributed by atoms with Crippen LogP contribution in [0.1, 0.15) is 17.2 Å². The van der Waals surface area contributed by atoms with Crippen LogP contribution in [0.4, 0.5) is 0 Å². The molecule has 0 N–H and O–H groups in total. The largest absolute Gasteiger partial charge is 0.454 e. The Balaban J connectivity index is 1.56. The third kappa shape index (κ3) is 3.80. The van der Waals surface area contributed by atoms with Gasteiger partial charge in [-0.25, -0.2) is 4.98 Å². The maximum absolute atomic E-state index is 6.26. The van der Waals surface area contributed by atoms with Crippen molar-refractivity contribution in [2.24, 2.45) is 0 Å². The zero-order valence-electron chi connectivity index (χ0n) is 13.8. The van der Waals surface area contributed by atoms with Crippen LogP contribution in [0.25, 0.3) is 0 Å². The highest BCUT2D eigenvalue weighted by atomic mass is 35.5. The van der Waals surface area contributed by atoms with E-state index in [1.54, 1.807) is 24.7 Å². The fraction of sp³-hybridized carbons (Fsp3) is 0.211. The summed E-state index contributed by atoms with van der Waals surface area (Å²) in [5.74, 6) is 1.47. The van der Waals surface area contributed by atoms with Gasteiger partial charge in [-0.05, 0) is 35.4 Å². The predicted molar refractivity (Wildman–Crippen MR) is 98.8 cm³/mol. The topological polar surface area (TPSA) is 45.5 Å². The minimum absolute atomic E-state index is 0.203. The molecule has 0 radical (unpaired) electrons. The van der Waals surface area contributed by atoms with Gasteiger partial charge in [0, 0.05) is 22.4 Å². The number of halogens is 2. The summed E-state index contributed by atoms with van der Waals surface area (Å²) < 4.78 is 19.0. The van der Waals surface area contributed by atoms with Crippen LogP contribution in [-0.2, 0) is 17.9 Å². The van der Waals surface area contributed by atoms with Gasteiger partial charge in [-0.2, -0.15) is 0 Å². The fourth-order valence-electron chi connectivity index (χ4n) is 2.78. The van der Waals surface area contributed by atoms with Gasteiger partial charge in [0.1, 0.15) is 6.10 Å². The van der Waals surface area contributed by atoms with E-state index in [0.717, 1.165) is 22.6 Å². The minimum Gasteiger partial charge on any atom is -0.454 e. The van der Waals surface area contributed by atoms with Crippen LogP contribution in [0, 0.1) is 0 Å². The summed E-state index contributed by atoms with van der Waals surface area (Å²) in [7, 11) is 0. The molecule has 0 spiro atoms. The van der Waals surface area contributed by atoms with Crippen molar-refractivity contribution < 1.29 is 14.2 Å². The van der Waals surface area contributed by atoms with E-state index >= 15 is 0 Å². The third-order valence-electron chi connectivity index (χ3n) is 4.16. The summed E-state index contributed by atoms with van der Waals surface area (Å²) in [4.78, 5) is 4.10. The zero-order chi connectivity index (χ0) is 17.9. The molecule has 0 saturated carbocycles. The van der Waals surface area contributed by atoms with E-state index in [-0.39, 0.29) is 12.9 Å². The first-order valence-corrected chi connectivity index (χ1v) is 8.85. The Morgan fingerprint density at radius 1 is 1.12 bits per heavy atom. The van der Waals surface area contributed by atoms with E-state index in [4.69, 9.17) is 37.4 Å². The minimum atomic E-state index is -0.203. The molecule has 1 aliphatic heterocycles. The number of imidazole rings is 1. The summed E-state index contributed by atoms with van der Waals surface area (Å²) in [5, 5.41) is 1.19. The number of nitrogens with zero attached hydrogens (tertiary/aromatic N) is 2. The molecule has 1 aliphatic rings. The molecule has 1 atom stereocenters. The molecule has 7 heteroatoms. The van der Waals surface area contributed by atoms with E-state index in [1.807, 2.05) is 35.0 Å². The van der Waals surface area contributed by atoms with Crippen molar-refractivity contribution in [3.63, 3.8) is 0 Å². The second-order valence-corrected chi connectivity index (χ2v) is 6.75. The van der Waals surface area contributed by atoms with Gasteiger partial charge in [-0.1, -0.05) is 35.3 Å². The van der Waals surface area contributed by atoms with Crippen LogP contribution in [0.2, 0.25) is 10.0 Å². The Labute approximate surface area is 161 Å². The fourth-order valence-corrected chi connectivity index (χ4v) is 3.25.